The third-order valence-electron chi connectivity index (χ3n) is 3.78. The average molecular weight is 302 g/mol. The number of nitrogens with zero attached hydrogens (tertiary/aromatic N) is 2. The first kappa shape index (κ1) is 14.2. The number of benzene rings is 1. The minimum absolute atomic E-state index is 0.0730. The highest BCUT2D eigenvalue weighted by molar-refractivity contribution is 6.01. The molecule has 1 aromatic carbocycles. The molecule has 1 aliphatic heterocycles. The maximum Gasteiger partial charge on any atom is 0.280 e. The lowest BCUT2D eigenvalue weighted by molar-refractivity contribution is -0.161. The summed E-state index contributed by atoms with van der Waals surface area (Å²) in [4.78, 5) is 40.3. The van der Waals surface area contributed by atoms with E-state index in [2.05, 4.69) is 4.98 Å². The van der Waals surface area contributed by atoms with Crippen molar-refractivity contribution in [2.75, 3.05) is 5.73 Å². The Kier molecular flexibility index (Phi) is 2.99. The first-order valence-corrected chi connectivity index (χ1v) is 6.69. The second-order valence-electron chi connectivity index (χ2n) is 5.23. The number of rotatable bonds is 1. The first-order chi connectivity index (χ1) is 10.3. The maximum absolute atomic E-state index is 12.7. The van der Waals surface area contributed by atoms with Crippen LogP contribution in [0.1, 0.15) is 18.7 Å². The Hall–Kier alpha value is -2.74. The summed E-state index contributed by atoms with van der Waals surface area (Å²) in [7, 11) is 0. The Morgan fingerprint density at radius 3 is 2.77 bits per heavy atom. The van der Waals surface area contributed by atoms with Crippen LogP contribution in [-0.4, -0.2) is 26.5 Å². The van der Waals surface area contributed by atoms with Crippen LogP contribution in [0.4, 0.5) is 5.69 Å². The van der Waals surface area contributed by atoms with Gasteiger partial charge in [0.2, 0.25) is 11.6 Å². The number of nitrogens with one attached hydrogen (secondary N) is 1. The molecule has 1 atom stereocenters. The van der Waals surface area contributed by atoms with Crippen molar-refractivity contribution in [2.45, 2.75) is 25.5 Å². The van der Waals surface area contributed by atoms with Gasteiger partial charge in [0.1, 0.15) is 5.82 Å². The van der Waals surface area contributed by atoms with E-state index in [1.165, 1.54) is 6.92 Å². The Balaban J connectivity index is 2.32. The molecule has 0 aliphatic carbocycles. The highest BCUT2D eigenvalue weighted by Crippen LogP contribution is 2.25. The summed E-state index contributed by atoms with van der Waals surface area (Å²) in [6.07, 6.45) is -0.269. The average Bonchev–Trinajstić information content (AvgIpc) is 2.43. The summed E-state index contributed by atoms with van der Waals surface area (Å²) in [5, 5.41) is 12.8. The van der Waals surface area contributed by atoms with E-state index < -0.39 is 23.1 Å². The number of anilines is 1. The fraction of sp³-hybridized carbons (Fsp3) is 0.286. The molecule has 1 aromatic heterocycles. The van der Waals surface area contributed by atoms with E-state index in [0.717, 1.165) is 4.57 Å². The molecule has 1 fully saturated rings. The normalized spacial score (nSPS) is 21.9. The molecule has 4 N–H and O–H groups in total. The highest BCUT2D eigenvalue weighted by atomic mass is 16.3. The molecule has 8 heteroatoms. The summed E-state index contributed by atoms with van der Waals surface area (Å²) in [5.74, 6) is -1.27. The predicted molar refractivity (Wildman–Crippen MR) is 77.7 cm³/mol. The molecule has 0 bridgehead atoms. The van der Waals surface area contributed by atoms with Gasteiger partial charge in [-0.3, -0.25) is 24.3 Å². The number of aliphatic hydroxyl groups is 1. The Labute approximate surface area is 124 Å². The fourth-order valence-electron chi connectivity index (χ4n) is 2.71. The first-order valence-electron chi connectivity index (χ1n) is 6.69. The molecule has 1 saturated heterocycles. The van der Waals surface area contributed by atoms with Crippen LogP contribution in [0.25, 0.3) is 10.9 Å². The van der Waals surface area contributed by atoms with E-state index in [0.29, 0.717) is 5.52 Å². The molecule has 114 valence electrons. The van der Waals surface area contributed by atoms with Gasteiger partial charge in [-0.25, -0.2) is 4.98 Å². The molecule has 1 aliphatic rings. The zero-order valence-electron chi connectivity index (χ0n) is 11.8. The van der Waals surface area contributed by atoms with Crippen LogP contribution in [0, 0.1) is 6.92 Å². The van der Waals surface area contributed by atoms with Gasteiger partial charge in [0.15, 0.2) is 0 Å². The van der Waals surface area contributed by atoms with Gasteiger partial charge in [-0.2, -0.15) is 0 Å². The largest absolute Gasteiger partial charge is 0.398 e. The van der Waals surface area contributed by atoms with Crippen LogP contribution in [-0.2, 0) is 15.3 Å². The molecule has 2 heterocycles. The van der Waals surface area contributed by atoms with Crippen molar-refractivity contribution in [3.63, 3.8) is 0 Å². The lowest BCUT2D eigenvalue weighted by Gasteiger charge is -2.32. The zero-order valence-corrected chi connectivity index (χ0v) is 11.8. The number of imide groups is 1. The number of piperidine rings is 1. The molecule has 0 unspecified atom stereocenters. The molecular weight excluding hydrogens is 288 g/mol. The lowest BCUT2D eigenvalue weighted by Crippen LogP contribution is -2.58. The van der Waals surface area contributed by atoms with Crippen LogP contribution in [0.3, 0.4) is 0 Å². The summed E-state index contributed by atoms with van der Waals surface area (Å²) in [6.45, 7) is 1.51. The molecular formula is C14H14N4O4. The fourth-order valence-corrected chi connectivity index (χ4v) is 2.71. The van der Waals surface area contributed by atoms with E-state index in [9.17, 15) is 19.5 Å². The number of nitrogen functional groups attached to an aromatic ring is 1. The van der Waals surface area contributed by atoms with Gasteiger partial charge < -0.3 is 10.8 Å². The van der Waals surface area contributed by atoms with Crippen molar-refractivity contribution in [3.05, 3.63) is 34.4 Å². The zero-order chi connectivity index (χ0) is 16.1. The van der Waals surface area contributed by atoms with Crippen molar-refractivity contribution in [1.29, 1.82) is 0 Å². The Bertz CT molecular complexity index is 873. The molecule has 3 rings (SSSR count). The summed E-state index contributed by atoms with van der Waals surface area (Å²) < 4.78 is 0.896. The van der Waals surface area contributed by atoms with Gasteiger partial charge in [-0.15, -0.1) is 0 Å². The summed E-state index contributed by atoms with van der Waals surface area (Å²) in [5.41, 5.74) is 3.64. The molecule has 8 nitrogen and oxygen atoms in total. The van der Waals surface area contributed by atoms with Crippen LogP contribution < -0.4 is 16.6 Å². The van der Waals surface area contributed by atoms with Crippen LogP contribution >= 0.6 is 0 Å². The third kappa shape index (κ3) is 1.88. The highest BCUT2D eigenvalue weighted by Gasteiger charge is 2.44. The topological polar surface area (TPSA) is 127 Å². The van der Waals surface area contributed by atoms with Crippen molar-refractivity contribution >= 4 is 28.4 Å². The Morgan fingerprint density at radius 1 is 1.36 bits per heavy atom. The number of carbonyl (C=O) groups excluding carboxylic acids is 2. The van der Waals surface area contributed by atoms with Gasteiger partial charge in [0.05, 0.1) is 10.9 Å². The number of amides is 2. The number of carbonyl (C=O) groups is 2. The minimum Gasteiger partial charge on any atom is -0.398 e. The van der Waals surface area contributed by atoms with Crippen LogP contribution in [0.2, 0.25) is 0 Å². The predicted octanol–water partition coefficient (Wildman–Crippen LogP) is -0.631. The van der Waals surface area contributed by atoms with E-state index in [1.54, 1.807) is 18.2 Å². The molecule has 22 heavy (non-hydrogen) atoms. The number of aromatic nitrogens is 2. The standard InChI is InChI=1S/C14H14N4O4/c1-7-16-9-4-2-3-8(15)11(9)12(20)18(7)14(22)6-5-10(19)17-13(14)21/h2-4,22H,5-6,15H2,1H3,(H,17,19,21)/t14-/m1/s1. The van der Waals surface area contributed by atoms with Crippen molar-refractivity contribution in [2.24, 2.45) is 0 Å². The molecule has 0 spiro atoms. The number of aryl methyl sites for hydroxylation is 1. The number of hydrogen-bond donors (Lipinski definition) is 3. The Morgan fingerprint density at radius 2 is 2.09 bits per heavy atom. The van der Waals surface area contributed by atoms with Crippen LogP contribution in [0.5, 0.6) is 0 Å². The monoisotopic (exact) mass is 302 g/mol. The van der Waals surface area contributed by atoms with Crippen molar-refractivity contribution < 1.29 is 14.7 Å². The molecule has 0 radical (unpaired) electrons. The number of nitrogens with two attached hydrogens (primary N) is 1. The lowest BCUT2D eigenvalue weighted by atomic mass is 10.0. The number of fused-ring (bicyclic) bond motifs is 1. The van der Waals surface area contributed by atoms with Gasteiger partial charge >= 0.3 is 0 Å². The molecule has 2 amide bonds. The van der Waals surface area contributed by atoms with E-state index in [-0.39, 0.29) is 29.7 Å². The van der Waals surface area contributed by atoms with E-state index >= 15 is 0 Å². The van der Waals surface area contributed by atoms with Gasteiger partial charge in [-0.1, -0.05) is 6.07 Å². The second-order valence-corrected chi connectivity index (χ2v) is 5.23. The van der Waals surface area contributed by atoms with Crippen molar-refractivity contribution in [1.82, 2.24) is 14.9 Å². The van der Waals surface area contributed by atoms with Gasteiger partial charge in [0, 0.05) is 18.5 Å². The van der Waals surface area contributed by atoms with Crippen molar-refractivity contribution in [3.8, 4) is 0 Å². The SMILES string of the molecule is Cc1nc2cccc(N)c2c(=O)n1[C@@]1(O)CCC(=O)NC1=O. The smallest absolute Gasteiger partial charge is 0.280 e. The van der Waals surface area contributed by atoms with Gasteiger partial charge in [-0.05, 0) is 19.1 Å². The quantitative estimate of drug-likeness (QED) is 0.475. The summed E-state index contributed by atoms with van der Waals surface area (Å²) >= 11 is 0. The third-order valence-corrected chi connectivity index (χ3v) is 3.78. The minimum atomic E-state index is -2.15. The summed E-state index contributed by atoms with van der Waals surface area (Å²) in [6, 6.07) is 4.83. The molecule has 2 aromatic rings. The number of hydrogen-bond acceptors (Lipinski definition) is 6. The molecule has 0 saturated carbocycles. The van der Waals surface area contributed by atoms with E-state index in [1.807, 2.05) is 5.32 Å². The van der Waals surface area contributed by atoms with E-state index in [4.69, 9.17) is 5.73 Å². The van der Waals surface area contributed by atoms with Crippen LogP contribution in [0.15, 0.2) is 23.0 Å². The van der Waals surface area contributed by atoms with Gasteiger partial charge in [0.25, 0.3) is 11.5 Å². The second kappa shape index (κ2) is 4.63. The maximum atomic E-state index is 12.7.